The lowest BCUT2D eigenvalue weighted by atomic mass is 10.1. The maximum Gasteiger partial charge on any atom is 0.208 e. The molecule has 11 heteroatoms. The number of nitrogens with zero attached hydrogens (tertiary/aromatic N) is 8. The molecule has 0 spiro atoms. The Labute approximate surface area is 213 Å². The first-order valence-corrected chi connectivity index (χ1v) is 12.8. The van der Waals surface area contributed by atoms with E-state index in [2.05, 4.69) is 65.4 Å². The summed E-state index contributed by atoms with van der Waals surface area (Å²) in [5.41, 5.74) is 3.28. The number of hydrogen-bond acceptors (Lipinski definition) is 10. The Morgan fingerprint density at radius 1 is 1.06 bits per heavy atom. The second-order valence-electron chi connectivity index (χ2n) is 8.29. The molecule has 0 radical (unpaired) electrons. The number of nitrogens with one attached hydrogen (secondary N) is 1. The molecule has 1 aliphatic heterocycles. The van der Waals surface area contributed by atoms with E-state index in [0.29, 0.717) is 37.2 Å². The Morgan fingerprint density at radius 3 is 2.75 bits per heavy atom. The van der Waals surface area contributed by atoms with Crippen LogP contribution in [0.4, 0.5) is 11.6 Å². The van der Waals surface area contributed by atoms with Gasteiger partial charge < -0.3 is 9.64 Å². The van der Waals surface area contributed by atoms with Gasteiger partial charge in [0, 0.05) is 49.3 Å². The third-order valence-electron chi connectivity index (χ3n) is 5.56. The van der Waals surface area contributed by atoms with Crippen LogP contribution < -0.4 is 4.90 Å². The maximum atomic E-state index is 5.50. The fourth-order valence-electron chi connectivity index (χ4n) is 3.77. The molecule has 4 heterocycles. The van der Waals surface area contributed by atoms with E-state index in [-0.39, 0.29) is 0 Å². The van der Waals surface area contributed by atoms with Gasteiger partial charge in [0.15, 0.2) is 11.6 Å². The van der Waals surface area contributed by atoms with Crippen molar-refractivity contribution in [1.29, 1.82) is 0 Å². The molecule has 0 saturated carbocycles. The number of morpholine rings is 1. The van der Waals surface area contributed by atoms with Crippen molar-refractivity contribution in [3.05, 3.63) is 71.8 Å². The van der Waals surface area contributed by atoms with Crippen LogP contribution in [0.3, 0.4) is 0 Å². The fourth-order valence-corrected chi connectivity index (χ4v) is 4.50. The number of pyridine rings is 1. The van der Waals surface area contributed by atoms with E-state index in [1.54, 1.807) is 24.2 Å². The van der Waals surface area contributed by atoms with E-state index < -0.39 is 0 Å². The monoisotopic (exact) mass is 501 g/mol. The number of anilines is 1. The van der Waals surface area contributed by atoms with Gasteiger partial charge in [0.25, 0.3) is 0 Å². The van der Waals surface area contributed by atoms with Crippen LogP contribution in [0.2, 0.25) is 0 Å². The van der Waals surface area contributed by atoms with Crippen LogP contribution in [0.5, 0.6) is 0 Å². The minimum Gasteiger partial charge on any atom is -0.378 e. The Hall–Kier alpha value is -3.70. The lowest BCUT2D eigenvalue weighted by Crippen LogP contribution is -2.36. The van der Waals surface area contributed by atoms with Crippen molar-refractivity contribution in [1.82, 2.24) is 30.1 Å². The third-order valence-corrected chi connectivity index (χ3v) is 6.41. The van der Waals surface area contributed by atoms with Gasteiger partial charge in [-0.25, -0.2) is 15.0 Å². The molecule has 3 aromatic heterocycles. The van der Waals surface area contributed by atoms with Gasteiger partial charge in [-0.3, -0.25) is 10.1 Å². The van der Waals surface area contributed by atoms with Crippen LogP contribution in [0.25, 0.3) is 11.4 Å². The first kappa shape index (κ1) is 24.0. The number of H-pyrrole nitrogens is 1. The molecule has 10 nitrogen and oxygen atoms in total. The van der Waals surface area contributed by atoms with E-state index in [9.17, 15) is 0 Å². The van der Waals surface area contributed by atoms with Gasteiger partial charge in [0.05, 0.1) is 19.8 Å². The van der Waals surface area contributed by atoms with Crippen molar-refractivity contribution < 1.29 is 4.74 Å². The van der Waals surface area contributed by atoms with Crippen LogP contribution in [0.15, 0.2) is 70.2 Å². The van der Waals surface area contributed by atoms with E-state index >= 15 is 0 Å². The summed E-state index contributed by atoms with van der Waals surface area (Å²) in [4.78, 5) is 20.3. The molecular formula is C25H27N9OS. The number of aryl methyl sites for hydroxylation is 2. The SMILES string of the molecule is Cc1cccc(CN=Nc2cc(N3CCOCC3)nc(CCSc3n[nH]c(-c4ccncc4)n3)n2)c1. The van der Waals surface area contributed by atoms with Gasteiger partial charge >= 0.3 is 0 Å². The van der Waals surface area contributed by atoms with Gasteiger partial charge in [0.1, 0.15) is 11.6 Å². The van der Waals surface area contributed by atoms with Crippen molar-refractivity contribution >= 4 is 23.4 Å². The number of aromatic nitrogens is 6. The number of thioether (sulfide) groups is 1. The fraction of sp³-hybridized carbons (Fsp3) is 0.320. The van der Waals surface area contributed by atoms with Crippen molar-refractivity contribution in [3.63, 3.8) is 0 Å². The molecule has 1 fully saturated rings. The molecule has 0 unspecified atom stereocenters. The molecule has 5 rings (SSSR count). The van der Waals surface area contributed by atoms with E-state index in [4.69, 9.17) is 9.72 Å². The molecule has 0 atom stereocenters. The summed E-state index contributed by atoms with van der Waals surface area (Å²) in [6.07, 6.45) is 4.13. The molecule has 184 valence electrons. The Balaban J connectivity index is 1.26. The molecule has 1 aliphatic rings. The van der Waals surface area contributed by atoms with Crippen LogP contribution in [-0.2, 0) is 17.7 Å². The molecule has 4 aromatic rings. The van der Waals surface area contributed by atoms with Crippen molar-refractivity contribution in [2.75, 3.05) is 37.0 Å². The number of aromatic amines is 1. The van der Waals surface area contributed by atoms with Gasteiger partial charge in [-0.2, -0.15) is 5.11 Å². The first-order chi connectivity index (χ1) is 17.7. The summed E-state index contributed by atoms with van der Waals surface area (Å²) in [6.45, 7) is 5.53. The lowest BCUT2D eigenvalue weighted by molar-refractivity contribution is 0.122. The molecule has 36 heavy (non-hydrogen) atoms. The Morgan fingerprint density at radius 2 is 1.92 bits per heavy atom. The Kier molecular flexibility index (Phi) is 7.89. The highest BCUT2D eigenvalue weighted by Crippen LogP contribution is 2.23. The zero-order valence-corrected chi connectivity index (χ0v) is 20.9. The van der Waals surface area contributed by atoms with Crippen LogP contribution in [0, 0.1) is 6.92 Å². The minimum atomic E-state index is 0.508. The van der Waals surface area contributed by atoms with E-state index in [1.807, 2.05) is 24.3 Å². The van der Waals surface area contributed by atoms with Gasteiger partial charge in [-0.1, -0.05) is 41.6 Å². The number of azo groups is 1. The molecule has 0 aliphatic carbocycles. The van der Waals surface area contributed by atoms with Crippen molar-refractivity contribution in [3.8, 4) is 11.4 Å². The standard InChI is InChI=1S/C25H27N9OS/c1-18-3-2-4-19(15-18)17-27-31-22-16-23(34-10-12-35-13-11-34)29-21(28-22)7-14-36-25-30-24(32-33-25)20-5-8-26-9-6-20/h2-6,8-9,15-16H,7,10-14,17H2,1H3,(H,30,32,33). The second-order valence-corrected chi connectivity index (χ2v) is 9.35. The van der Waals surface area contributed by atoms with Crippen LogP contribution >= 0.6 is 11.8 Å². The molecule has 0 bridgehead atoms. The predicted octanol–water partition coefficient (Wildman–Crippen LogP) is 4.42. The summed E-state index contributed by atoms with van der Waals surface area (Å²) in [5.74, 6) is 3.61. The smallest absolute Gasteiger partial charge is 0.208 e. The minimum absolute atomic E-state index is 0.508. The summed E-state index contributed by atoms with van der Waals surface area (Å²) in [5, 5.41) is 16.8. The zero-order chi connectivity index (χ0) is 24.6. The van der Waals surface area contributed by atoms with Gasteiger partial charge in [0.2, 0.25) is 5.16 Å². The number of hydrogen-bond donors (Lipinski definition) is 1. The lowest BCUT2D eigenvalue weighted by Gasteiger charge is -2.28. The summed E-state index contributed by atoms with van der Waals surface area (Å²) < 4.78 is 5.50. The molecule has 1 aromatic carbocycles. The first-order valence-electron chi connectivity index (χ1n) is 11.8. The average molecular weight is 502 g/mol. The predicted molar refractivity (Wildman–Crippen MR) is 139 cm³/mol. The molecule has 1 N–H and O–H groups in total. The van der Waals surface area contributed by atoms with Crippen molar-refractivity contribution in [2.24, 2.45) is 10.2 Å². The summed E-state index contributed by atoms with van der Waals surface area (Å²) >= 11 is 1.56. The van der Waals surface area contributed by atoms with E-state index in [0.717, 1.165) is 47.4 Å². The van der Waals surface area contributed by atoms with Crippen molar-refractivity contribution in [2.45, 2.75) is 25.0 Å². The van der Waals surface area contributed by atoms with E-state index in [1.165, 1.54) is 5.56 Å². The third kappa shape index (κ3) is 6.49. The van der Waals surface area contributed by atoms with Gasteiger partial charge in [-0.05, 0) is 24.6 Å². The van der Waals surface area contributed by atoms with Crippen LogP contribution in [0.1, 0.15) is 17.0 Å². The number of rotatable bonds is 9. The highest BCUT2D eigenvalue weighted by Gasteiger charge is 2.15. The molecular weight excluding hydrogens is 474 g/mol. The highest BCUT2D eigenvalue weighted by molar-refractivity contribution is 7.99. The molecule has 1 saturated heterocycles. The average Bonchev–Trinajstić information content (AvgIpc) is 3.39. The zero-order valence-electron chi connectivity index (χ0n) is 20.0. The number of benzene rings is 1. The number of ether oxygens (including phenoxy) is 1. The van der Waals surface area contributed by atoms with Gasteiger partial charge in [-0.15, -0.1) is 10.2 Å². The Bertz CT molecular complexity index is 1310. The normalized spacial score (nSPS) is 14.0. The molecule has 0 amide bonds. The largest absolute Gasteiger partial charge is 0.378 e. The second kappa shape index (κ2) is 11.8. The van der Waals surface area contributed by atoms with Crippen LogP contribution in [-0.4, -0.2) is 62.2 Å². The highest BCUT2D eigenvalue weighted by atomic mass is 32.2. The maximum absolute atomic E-state index is 5.50. The quantitative estimate of drug-likeness (QED) is 0.265. The summed E-state index contributed by atoms with van der Waals surface area (Å²) in [7, 11) is 0. The topological polar surface area (TPSA) is 117 Å². The summed E-state index contributed by atoms with van der Waals surface area (Å²) in [6, 6.07) is 14.0.